The molecule has 1 heterocycles. The van der Waals surface area contributed by atoms with Crippen molar-refractivity contribution < 1.29 is 9.53 Å². The molecule has 0 aliphatic rings. The van der Waals surface area contributed by atoms with Crippen LogP contribution in [0.25, 0.3) is 0 Å². The average Bonchev–Trinajstić information content (AvgIpc) is 2.47. The number of rotatable bonds is 5. The van der Waals surface area contributed by atoms with Gasteiger partial charge >= 0.3 is 0 Å². The maximum atomic E-state index is 11.0. The zero-order valence-corrected chi connectivity index (χ0v) is 11.4. The van der Waals surface area contributed by atoms with Crippen molar-refractivity contribution in [3.8, 4) is 11.6 Å². The monoisotopic (exact) mass is 272 g/mol. The molecule has 1 amide bonds. The van der Waals surface area contributed by atoms with Gasteiger partial charge in [-0.1, -0.05) is 6.92 Å². The van der Waals surface area contributed by atoms with E-state index >= 15 is 0 Å². The van der Waals surface area contributed by atoms with E-state index in [0.717, 1.165) is 0 Å². The van der Waals surface area contributed by atoms with E-state index in [1.165, 1.54) is 0 Å². The highest BCUT2D eigenvalue weighted by Crippen LogP contribution is 2.22. The van der Waals surface area contributed by atoms with Crippen LogP contribution in [0.1, 0.15) is 23.1 Å². The number of nitrogens with two attached hydrogens (primary N) is 1. The second-order valence-electron chi connectivity index (χ2n) is 4.10. The van der Waals surface area contributed by atoms with Gasteiger partial charge in [-0.3, -0.25) is 4.79 Å². The number of aryl methyl sites for hydroxylation is 1. The van der Waals surface area contributed by atoms with Gasteiger partial charge in [0.25, 0.3) is 0 Å². The number of nitrogens with one attached hydrogen (secondary N) is 1. The van der Waals surface area contributed by atoms with Crippen molar-refractivity contribution in [2.75, 3.05) is 12.4 Å². The van der Waals surface area contributed by atoms with Crippen LogP contribution in [0.5, 0.6) is 11.6 Å². The summed E-state index contributed by atoms with van der Waals surface area (Å²) in [5.41, 5.74) is 5.62. The van der Waals surface area contributed by atoms with Crippen LogP contribution in [-0.4, -0.2) is 22.9 Å². The van der Waals surface area contributed by atoms with Gasteiger partial charge in [-0.05, 0) is 24.3 Å². The van der Waals surface area contributed by atoms with Crippen molar-refractivity contribution in [1.29, 1.82) is 0 Å². The first-order valence-electron chi connectivity index (χ1n) is 6.25. The molecule has 0 radical (unpaired) electrons. The lowest BCUT2D eigenvalue weighted by Crippen LogP contribution is -2.10. The molecule has 0 aliphatic heterocycles. The van der Waals surface area contributed by atoms with E-state index in [1.807, 2.05) is 6.92 Å². The van der Waals surface area contributed by atoms with Crippen LogP contribution >= 0.6 is 0 Å². The summed E-state index contributed by atoms with van der Waals surface area (Å²) in [5.74, 6) is 1.95. The number of ether oxygens (including phenoxy) is 1. The summed E-state index contributed by atoms with van der Waals surface area (Å²) >= 11 is 0. The Hall–Kier alpha value is -2.63. The first kappa shape index (κ1) is 13.8. The van der Waals surface area contributed by atoms with Crippen LogP contribution in [0.15, 0.2) is 30.3 Å². The van der Waals surface area contributed by atoms with E-state index in [-0.39, 0.29) is 0 Å². The van der Waals surface area contributed by atoms with Crippen molar-refractivity contribution in [2.45, 2.75) is 13.3 Å². The van der Waals surface area contributed by atoms with E-state index in [0.29, 0.717) is 35.3 Å². The Balaban J connectivity index is 2.22. The number of amides is 1. The summed E-state index contributed by atoms with van der Waals surface area (Å²) < 4.78 is 5.65. The molecule has 2 rings (SSSR count). The number of hydrogen-bond acceptors (Lipinski definition) is 5. The predicted octanol–water partition coefficient (Wildman–Crippen LogP) is 1.97. The quantitative estimate of drug-likeness (QED) is 0.868. The summed E-state index contributed by atoms with van der Waals surface area (Å²) in [5, 5.41) is 2.96. The molecule has 6 nitrogen and oxygen atoms in total. The Morgan fingerprint density at radius 1 is 1.30 bits per heavy atom. The third kappa shape index (κ3) is 3.23. The molecule has 0 atom stereocenters. The number of anilines is 1. The maximum absolute atomic E-state index is 11.0. The van der Waals surface area contributed by atoms with Crippen LogP contribution in [0, 0.1) is 0 Å². The molecule has 1 aromatic carbocycles. The van der Waals surface area contributed by atoms with E-state index in [2.05, 4.69) is 15.3 Å². The van der Waals surface area contributed by atoms with E-state index in [4.69, 9.17) is 10.5 Å². The summed E-state index contributed by atoms with van der Waals surface area (Å²) in [6.07, 6.45) is 0.715. The molecule has 0 bridgehead atoms. The highest BCUT2D eigenvalue weighted by molar-refractivity contribution is 5.92. The minimum Gasteiger partial charge on any atom is -0.439 e. The number of hydrogen-bond donors (Lipinski definition) is 2. The number of benzene rings is 1. The van der Waals surface area contributed by atoms with Crippen molar-refractivity contribution in [3.05, 3.63) is 41.7 Å². The number of nitrogens with zero attached hydrogens (tertiary/aromatic N) is 2. The van der Waals surface area contributed by atoms with E-state index < -0.39 is 5.91 Å². The molecule has 0 fully saturated rings. The Morgan fingerprint density at radius 3 is 2.55 bits per heavy atom. The van der Waals surface area contributed by atoms with Crippen LogP contribution < -0.4 is 15.8 Å². The van der Waals surface area contributed by atoms with Crippen molar-refractivity contribution in [3.63, 3.8) is 0 Å². The van der Waals surface area contributed by atoms with E-state index in [1.54, 1.807) is 37.4 Å². The molecule has 20 heavy (non-hydrogen) atoms. The fourth-order valence-electron chi connectivity index (χ4n) is 1.62. The lowest BCUT2D eigenvalue weighted by atomic mass is 10.2. The normalized spacial score (nSPS) is 10.1. The highest BCUT2D eigenvalue weighted by atomic mass is 16.5. The van der Waals surface area contributed by atoms with Crippen LogP contribution in [0.4, 0.5) is 5.82 Å². The number of carbonyl (C=O) groups is 1. The van der Waals surface area contributed by atoms with E-state index in [9.17, 15) is 4.79 Å². The number of aromatic nitrogens is 2. The lowest BCUT2D eigenvalue weighted by molar-refractivity contribution is 0.100. The van der Waals surface area contributed by atoms with Gasteiger partial charge in [0.15, 0.2) is 0 Å². The summed E-state index contributed by atoms with van der Waals surface area (Å²) in [4.78, 5) is 19.6. The third-order valence-electron chi connectivity index (χ3n) is 2.68. The van der Waals surface area contributed by atoms with Gasteiger partial charge in [-0.15, -0.1) is 0 Å². The molecule has 0 unspecified atom stereocenters. The van der Waals surface area contributed by atoms with Crippen molar-refractivity contribution >= 4 is 11.7 Å². The van der Waals surface area contributed by atoms with Crippen molar-refractivity contribution in [2.24, 2.45) is 5.73 Å². The largest absolute Gasteiger partial charge is 0.439 e. The highest BCUT2D eigenvalue weighted by Gasteiger charge is 2.06. The summed E-state index contributed by atoms with van der Waals surface area (Å²) in [6, 6.07) is 8.28. The second-order valence-corrected chi connectivity index (χ2v) is 4.10. The lowest BCUT2D eigenvalue weighted by Gasteiger charge is -2.08. The zero-order chi connectivity index (χ0) is 14.5. The molecular weight excluding hydrogens is 256 g/mol. The number of primary amides is 1. The van der Waals surface area contributed by atoms with Gasteiger partial charge in [0, 0.05) is 25.1 Å². The molecule has 104 valence electrons. The van der Waals surface area contributed by atoms with Gasteiger partial charge in [0.05, 0.1) is 0 Å². The smallest absolute Gasteiger partial charge is 0.248 e. The zero-order valence-electron chi connectivity index (χ0n) is 11.4. The third-order valence-corrected chi connectivity index (χ3v) is 2.68. The maximum Gasteiger partial charge on any atom is 0.248 e. The van der Waals surface area contributed by atoms with Crippen LogP contribution in [-0.2, 0) is 6.42 Å². The molecular formula is C14H16N4O2. The second kappa shape index (κ2) is 6.01. The first-order chi connectivity index (χ1) is 9.62. The molecule has 6 heteroatoms. The fourth-order valence-corrected chi connectivity index (χ4v) is 1.62. The molecule has 1 aromatic heterocycles. The first-order valence-corrected chi connectivity index (χ1v) is 6.25. The van der Waals surface area contributed by atoms with Crippen molar-refractivity contribution in [1.82, 2.24) is 9.97 Å². The minimum atomic E-state index is -0.468. The van der Waals surface area contributed by atoms with Gasteiger partial charge in [-0.2, -0.15) is 4.98 Å². The topological polar surface area (TPSA) is 90.1 Å². The average molecular weight is 272 g/mol. The minimum absolute atomic E-state index is 0.435. The Bertz CT molecular complexity index is 589. The molecule has 3 N–H and O–H groups in total. The van der Waals surface area contributed by atoms with Crippen LogP contribution in [0.2, 0.25) is 0 Å². The Morgan fingerprint density at radius 2 is 2.00 bits per heavy atom. The summed E-state index contributed by atoms with van der Waals surface area (Å²) in [7, 11) is 1.78. The molecule has 0 saturated carbocycles. The Labute approximate surface area is 117 Å². The molecule has 2 aromatic rings. The molecule has 0 aliphatic carbocycles. The number of carbonyl (C=O) groups excluding carboxylic acids is 1. The van der Waals surface area contributed by atoms with Gasteiger partial charge < -0.3 is 15.8 Å². The Kier molecular flexibility index (Phi) is 4.14. The fraction of sp³-hybridized carbons (Fsp3) is 0.214. The SMILES string of the molecule is CCc1nc(NC)cc(Oc2ccc(C(N)=O)cc2)n1. The summed E-state index contributed by atoms with van der Waals surface area (Å²) in [6.45, 7) is 1.97. The van der Waals surface area contributed by atoms with Gasteiger partial charge in [0.1, 0.15) is 17.4 Å². The standard InChI is InChI=1S/C14H16N4O2/c1-3-11-17-12(16-2)8-13(18-11)20-10-6-4-9(5-7-10)14(15)19/h4-8H,3H2,1-2H3,(H2,15,19)(H,16,17,18). The van der Waals surface area contributed by atoms with Gasteiger partial charge in [-0.25, -0.2) is 4.98 Å². The predicted molar refractivity (Wildman–Crippen MR) is 76.0 cm³/mol. The molecule has 0 saturated heterocycles. The van der Waals surface area contributed by atoms with Gasteiger partial charge in [0.2, 0.25) is 11.8 Å². The molecule has 0 spiro atoms. The van der Waals surface area contributed by atoms with Crippen LogP contribution in [0.3, 0.4) is 0 Å².